The summed E-state index contributed by atoms with van der Waals surface area (Å²) in [5.74, 6) is 0.432. The normalized spacial score (nSPS) is 19.6. The van der Waals surface area contributed by atoms with Crippen molar-refractivity contribution in [2.75, 3.05) is 13.1 Å². The van der Waals surface area contributed by atoms with E-state index in [0.29, 0.717) is 23.2 Å². The molecule has 1 unspecified atom stereocenters. The highest BCUT2D eigenvalue weighted by Gasteiger charge is 2.32. The smallest absolute Gasteiger partial charge is 0.252 e. The van der Waals surface area contributed by atoms with Crippen LogP contribution in [0.5, 0.6) is 5.88 Å². The van der Waals surface area contributed by atoms with E-state index in [1.54, 1.807) is 24.7 Å². The van der Waals surface area contributed by atoms with Gasteiger partial charge in [-0.3, -0.25) is 4.98 Å². The maximum atomic E-state index is 12.8. The molecule has 2 aromatic heterocycles. The minimum absolute atomic E-state index is 0.194. The maximum absolute atomic E-state index is 12.8. The summed E-state index contributed by atoms with van der Waals surface area (Å²) in [5, 5.41) is 0. The first-order chi connectivity index (χ1) is 11.1. The number of sulfonamides is 1. The quantitative estimate of drug-likeness (QED) is 0.825. The molecule has 0 aliphatic carbocycles. The van der Waals surface area contributed by atoms with Gasteiger partial charge in [-0.1, -0.05) is 6.92 Å². The van der Waals surface area contributed by atoms with E-state index in [-0.39, 0.29) is 6.10 Å². The van der Waals surface area contributed by atoms with E-state index in [1.807, 2.05) is 13.0 Å². The van der Waals surface area contributed by atoms with Gasteiger partial charge in [0.15, 0.2) is 0 Å². The van der Waals surface area contributed by atoms with Crippen molar-refractivity contribution in [1.82, 2.24) is 14.3 Å². The Morgan fingerprint density at radius 2 is 2.26 bits per heavy atom. The predicted molar refractivity (Wildman–Crippen MR) is 88.1 cm³/mol. The molecule has 0 amide bonds. The lowest BCUT2D eigenvalue weighted by atomic mass is 10.1. The molecule has 124 valence electrons. The van der Waals surface area contributed by atoms with E-state index >= 15 is 0 Å². The molecule has 23 heavy (non-hydrogen) atoms. The van der Waals surface area contributed by atoms with Crippen LogP contribution in [0.4, 0.5) is 0 Å². The van der Waals surface area contributed by atoms with Gasteiger partial charge in [-0.2, -0.15) is 4.31 Å². The van der Waals surface area contributed by atoms with Crippen LogP contribution in [0.2, 0.25) is 0 Å². The van der Waals surface area contributed by atoms with E-state index in [9.17, 15) is 8.42 Å². The largest absolute Gasteiger partial charge is 0.472 e. The molecule has 1 aliphatic rings. The molecule has 6 nitrogen and oxygen atoms in total. The van der Waals surface area contributed by atoms with Crippen LogP contribution >= 0.6 is 11.3 Å². The third kappa shape index (κ3) is 3.70. The Balaban J connectivity index is 1.72. The average molecular weight is 353 g/mol. The van der Waals surface area contributed by atoms with Crippen molar-refractivity contribution < 1.29 is 13.2 Å². The fraction of sp³-hybridized carbons (Fsp3) is 0.467. The summed E-state index contributed by atoms with van der Waals surface area (Å²) in [4.78, 5) is 9.12. The second-order valence-corrected chi connectivity index (χ2v) is 8.70. The third-order valence-corrected chi connectivity index (χ3v) is 7.31. The molecule has 0 bridgehead atoms. The standard InChI is InChI=1S/C15H19N3O3S2/c1-2-13-5-6-15(22-13)23(19,20)18-9-3-4-12(11-18)21-14-10-16-7-8-17-14/h5-8,10,12H,2-4,9,11H2,1H3. The fourth-order valence-electron chi connectivity index (χ4n) is 2.55. The van der Waals surface area contributed by atoms with Gasteiger partial charge in [0, 0.05) is 23.8 Å². The van der Waals surface area contributed by atoms with Crippen LogP contribution in [-0.2, 0) is 16.4 Å². The zero-order valence-electron chi connectivity index (χ0n) is 12.9. The second kappa shape index (κ2) is 6.94. The number of rotatable bonds is 5. The molecular weight excluding hydrogens is 334 g/mol. The van der Waals surface area contributed by atoms with Crippen molar-refractivity contribution in [2.24, 2.45) is 0 Å². The molecule has 8 heteroatoms. The molecule has 1 atom stereocenters. The van der Waals surface area contributed by atoms with Crippen molar-refractivity contribution >= 4 is 21.4 Å². The van der Waals surface area contributed by atoms with Crippen LogP contribution in [0.3, 0.4) is 0 Å². The first-order valence-electron chi connectivity index (χ1n) is 7.61. The van der Waals surface area contributed by atoms with Gasteiger partial charge in [0.2, 0.25) is 5.88 Å². The Kier molecular flexibility index (Phi) is 4.93. The van der Waals surface area contributed by atoms with Gasteiger partial charge in [-0.05, 0) is 31.4 Å². The van der Waals surface area contributed by atoms with E-state index in [2.05, 4.69) is 9.97 Å². The number of aromatic nitrogens is 2. The van der Waals surface area contributed by atoms with Crippen LogP contribution in [-0.4, -0.2) is 41.9 Å². The van der Waals surface area contributed by atoms with Crippen molar-refractivity contribution in [3.63, 3.8) is 0 Å². The second-order valence-electron chi connectivity index (χ2n) is 5.36. The van der Waals surface area contributed by atoms with E-state index in [0.717, 1.165) is 24.1 Å². The Hall–Kier alpha value is -1.51. The molecule has 1 fully saturated rings. The molecular formula is C15H19N3O3S2. The van der Waals surface area contributed by atoms with Crippen molar-refractivity contribution in [3.05, 3.63) is 35.6 Å². The molecule has 0 saturated carbocycles. The Morgan fingerprint density at radius 1 is 1.39 bits per heavy atom. The highest BCUT2D eigenvalue weighted by molar-refractivity contribution is 7.91. The number of aryl methyl sites for hydroxylation is 1. The Labute approximate surface area is 140 Å². The summed E-state index contributed by atoms with van der Waals surface area (Å²) in [7, 11) is -3.44. The van der Waals surface area contributed by atoms with Crippen LogP contribution < -0.4 is 4.74 Å². The van der Waals surface area contributed by atoms with Crippen molar-refractivity contribution in [2.45, 2.75) is 36.5 Å². The molecule has 0 radical (unpaired) electrons. The lowest BCUT2D eigenvalue weighted by Gasteiger charge is -2.31. The highest BCUT2D eigenvalue weighted by atomic mass is 32.2. The molecule has 3 rings (SSSR count). The van der Waals surface area contributed by atoms with Gasteiger partial charge in [0.25, 0.3) is 10.0 Å². The molecule has 3 heterocycles. The number of nitrogens with zero attached hydrogens (tertiary/aromatic N) is 3. The number of ether oxygens (including phenoxy) is 1. The Bertz CT molecular complexity index is 746. The lowest BCUT2D eigenvalue weighted by Crippen LogP contribution is -2.44. The van der Waals surface area contributed by atoms with Crippen molar-refractivity contribution in [3.8, 4) is 5.88 Å². The van der Waals surface area contributed by atoms with E-state index in [4.69, 9.17) is 4.74 Å². The van der Waals surface area contributed by atoms with Crippen LogP contribution in [0.25, 0.3) is 0 Å². The van der Waals surface area contributed by atoms with Gasteiger partial charge in [0.1, 0.15) is 10.3 Å². The summed E-state index contributed by atoms with van der Waals surface area (Å²) < 4.78 is 33.2. The summed E-state index contributed by atoms with van der Waals surface area (Å²) in [6.45, 7) is 2.90. The number of hydrogen-bond acceptors (Lipinski definition) is 6. The minimum atomic E-state index is -3.44. The number of thiophene rings is 1. The van der Waals surface area contributed by atoms with Gasteiger partial charge in [-0.25, -0.2) is 13.4 Å². The third-order valence-electron chi connectivity index (χ3n) is 3.75. The SMILES string of the molecule is CCc1ccc(S(=O)(=O)N2CCCC(Oc3cnccn3)C2)s1. The minimum Gasteiger partial charge on any atom is -0.472 e. The van der Waals surface area contributed by atoms with E-state index in [1.165, 1.54) is 15.6 Å². The zero-order chi connectivity index (χ0) is 16.3. The highest BCUT2D eigenvalue weighted by Crippen LogP contribution is 2.28. The van der Waals surface area contributed by atoms with Gasteiger partial charge in [0.05, 0.1) is 12.7 Å². The first kappa shape index (κ1) is 16.4. The van der Waals surface area contributed by atoms with Crippen molar-refractivity contribution in [1.29, 1.82) is 0 Å². The molecule has 1 saturated heterocycles. The maximum Gasteiger partial charge on any atom is 0.252 e. The molecule has 0 N–H and O–H groups in total. The molecule has 0 aromatic carbocycles. The van der Waals surface area contributed by atoms with Crippen LogP contribution in [0, 0.1) is 0 Å². The number of piperidine rings is 1. The van der Waals surface area contributed by atoms with Gasteiger partial charge in [-0.15, -0.1) is 11.3 Å². The van der Waals surface area contributed by atoms with Crippen LogP contribution in [0.15, 0.2) is 34.9 Å². The first-order valence-corrected chi connectivity index (χ1v) is 9.87. The summed E-state index contributed by atoms with van der Waals surface area (Å²) in [5.41, 5.74) is 0. The molecule has 2 aromatic rings. The molecule has 0 spiro atoms. The number of hydrogen-bond donors (Lipinski definition) is 0. The zero-order valence-corrected chi connectivity index (χ0v) is 14.5. The van der Waals surface area contributed by atoms with Gasteiger partial charge >= 0.3 is 0 Å². The van der Waals surface area contributed by atoms with E-state index < -0.39 is 10.0 Å². The fourth-order valence-corrected chi connectivity index (χ4v) is 5.51. The van der Waals surface area contributed by atoms with Crippen LogP contribution in [0.1, 0.15) is 24.6 Å². The van der Waals surface area contributed by atoms with Gasteiger partial charge < -0.3 is 4.74 Å². The summed E-state index contributed by atoms with van der Waals surface area (Å²) in [6.07, 6.45) is 6.92. The molecule has 1 aliphatic heterocycles. The summed E-state index contributed by atoms with van der Waals surface area (Å²) >= 11 is 1.35. The predicted octanol–water partition coefficient (Wildman–Crippen LogP) is 2.33. The summed E-state index contributed by atoms with van der Waals surface area (Å²) in [6, 6.07) is 3.58. The monoisotopic (exact) mass is 353 g/mol. The lowest BCUT2D eigenvalue weighted by molar-refractivity contribution is 0.124. The Morgan fingerprint density at radius 3 is 2.96 bits per heavy atom. The topological polar surface area (TPSA) is 72.4 Å². The average Bonchev–Trinajstić information content (AvgIpc) is 3.06.